The zero-order chi connectivity index (χ0) is 13.7. The van der Waals surface area contributed by atoms with Crippen LogP contribution in [0.3, 0.4) is 0 Å². The van der Waals surface area contributed by atoms with Crippen molar-refractivity contribution in [2.24, 2.45) is 0 Å². The maximum absolute atomic E-state index is 12.0. The number of halogens is 1. The van der Waals surface area contributed by atoms with Gasteiger partial charge in [0.15, 0.2) is 0 Å². The van der Waals surface area contributed by atoms with Crippen LogP contribution in [-0.4, -0.2) is 30.6 Å². The molecule has 0 unspecified atom stereocenters. The lowest BCUT2D eigenvalue weighted by Crippen LogP contribution is -2.39. The molecule has 0 aromatic carbocycles. The van der Waals surface area contributed by atoms with Crippen LogP contribution in [0.2, 0.25) is 0 Å². The SMILES string of the molecule is O=S(=O)(CCc1ccncc1)NC1CCC(Cl)CC1. The lowest BCUT2D eigenvalue weighted by molar-refractivity contribution is 0.416. The van der Waals surface area contributed by atoms with Gasteiger partial charge in [-0.2, -0.15) is 0 Å². The van der Waals surface area contributed by atoms with Crippen LogP contribution >= 0.6 is 11.6 Å². The van der Waals surface area contributed by atoms with E-state index in [-0.39, 0.29) is 17.2 Å². The van der Waals surface area contributed by atoms with E-state index in [9.17, 15) is 8.42 Å². The highest BCUT2D eigenvalue weighted by Gasteiger charge is 2.23. The van der Waals surface area contributed by atoms with E-state index in [1.165, 1.54) is 0 Å². The van der Waals surface area contributed by atoms with E-state index in [1.54, 1.807) is 12.4 Å². The van der Waals surface area contributed by atoms with Crippen molar-refractivity contribution in [3.8, 4) is 0 Å². The van der Waals surface area contributed by atoms with Crippen LogP contribution in [0.4, 0.5) is 0 Å². The summed E-state index contributed by atoms with van der Waals surface area (Å²) in [7, 11) is -3.21. The Kier molecular flexibility index (Phi) is 5.19. The number of alkyl halides is 1. The molecule has 19 heavy (non-hydrogen) atoms. The first-order chi connectivity index (χ1) is 9.05. The Bertz CT molecular complexity index is 485. The predicted molar refractivity (Wildman–Crippen MR) is 76.8 cm³/mol. The van der Waals surface area contributed by atoms with Gasteiger partial charge in [-0.1, -0.05) is 0 Å². The fourth-order valence-electron chi connectivity index (χ4n) is 2.29. The van der Waals surface area contributed by atoms with Gasteiger partial charge in [-0.15, -0.1) is 11.6 Å². The summed E-state index contributed by atoms with van der Waals surface area (Å²) < 4.78 is 26.8. The number of nitrogens with zero attached hydrogens (tertiary/aromatic N) is 1. The molecule has 1 heterocycles. The standard InChI is InChI=1S/C13H19ClN2O2S/c14-12-1-3-13(4-2-12)16-19(17,18)10-7-11-5-8-15-9-6-11/h5-6,8-9,12-13,16H,1-4,7,10H2. The summed E-state index contributed by atoms with van der Waals surface area (Å²) in [6, 6.07) is 3.74. The fourth-order valence-corrected chi connectivity index (χ4v) is 3.90. The summed E-state index contributed by atoms with van der Waals surface area (Å²) in [5.41, 5.74) is 0.991. The Morgan fingerprint density at radius 3 is 2.47 bits per heavy atom. The van der Waals surface area contributed by atoms with E-state index in [1.807, 2.05) is 12.1 Å². The summed E-state index contributed by atoms with van der Waals surface area (Å²) >= 11 is 6.01. The molecule has 1 aliphatic carbocycles. The molecule has 1 aromatic rings. The lowest BCUT2D eigenvalue weighted by atomic mass is 9.96. The van der Waals surface area contributed by atoms with Gasteiger partial charge < -0.3 is 0 Å². The molecule has 1 saturated carbocycles. The normalized spacial score (nSPS) is 24.3. The third-order valence-corrected chi connectivity index (χ3v) is 5.28. The molecule has 4 nitrogen and oxygen atoms in total. The molecule has 1 aromatic heterocycles. The van der Waals surface area contributed by atoms with Crippen molar-refractivity contribution >= 4 is 21.6 Å². The molecule has 1 aliphatic rings. The maximum Gasteiger partial charge on any atom is 0.212 e. The van der Waals surface area contributed by atoms with Crippen LogP contribution in [0.5, 0.6) is 0 Å². The van der Waals surface area contributed by atoms with Crippen molar-refractivity contribution in [3.05, 3.63) is 30.1 Å². The Hall–Kier alpha value is -0.650. The first-order valence-corrected chi connectivity index (χ1v) is 8.67. The number of hydrogen-bond acceptors (Lipinski definition) is 3. The van der Waals surface area contributed by atoms with Crippen molar-refractivity contribution < 1.29 is 8.42 Å². The Morgan fingerprint density at radius 2 is 1.84 bits per heavy atom. The number of aryl methyl sites for hydroxylation is 1. The molecule has 1 N–H and O–H groups in total. The second-order valence-electron chi connectivity index (χ2n) is 4.99. The number of sulfonamides is 1. The van der Waals surface area contributed by atoms with Crippen LogP contribution in [0.25, 0.3) is 0 Å². The highest BCUT2D eigenvalue weighted by molar-refractivity contribution is 7.89. The van der Waals surface area contributed by atoms with E-state index in [0.717, 1.165) is 31.2 Å². The van der Waals surface area contributed by atoms with Gasteiger partial charge in [0.05, 0.1) is 5.75 Å². The highest BCUT2D eigenvalue weighted by Crippen LogP contribution is 2.23. The van der Waals surface area contributed by atoms with Crippen molar-refractivity contribution in [1.29, 1.82) is 0 Å². The van der Waals surface area contributed by atoms with Crippen molar-refractivity contribution in [2.75, 3.05) is 5.75 Å². The smallest absolute Gasteiger partial charge is 0.212 e. The van der Waals surface area contributed by atoms with Gasteiger partial charge in [-0.3, -0.25) is 4.98 Å². The molecule has 106 valence electrons. The van der Waals surface area contributed by atoms with E-state index >= 15 is 0 Å². The number of rotatable bonds is 5. The first-order valence-electron chi connectivity index (χ1n) is 6.58. The third kappa shape index (κ3) is 5.09. The maximum atomic E-state index is 12.0. The molecular weight excluding hydrogens is 284 g/mol. The number of pyridine rings is 1. The minimum absolute atomic E-state index is 0.0532. The van der Waals surface area contributed by atoms with Crippen LogP contribution in [0.15, 0.2) is 24.5 Å². The second-order valence-corrected chi connectivity index (χ2v) is 7.48. The summed E-state index contributed by atoms with van der Waals surface area (Å²) in [5.74, 6) is 0.123. The van der Waals surface area contributed by atoms with Gasteiger partial charge in [0, 0.05) is 23.8 Å². The van der Waals surface area contributed by atoms with Gasteiger partial charge in [-0.05, 0) is 49.8 Å². The zero-order valence-corrected chi connectivity index (χ0v) is 12.3. The molecule has 0 aliphatic heterocycles. The van der Waals surface area contributed by atoms with Crippen LogP contribution in [-0.2, 0) is 16.4 Å². The third-order valence-electron chi connectivity index (χ3n) is 3.41. The van der Waals surface area contributed by atoms with Gasteiger partial charge in [0.25, 0.3) is 0 Å². The molecule has 2 rings (SSSR count). The average molecular weight is 303 g/mol. The van der Waals surface area contributed by atoms with Crippen molar-refractivity contribution in [3.63, 3.8) is 0 Å². The first kappa shape index (κ1) is 14.8. The van der Waals surface area contributed by atoms with Crippen molar-refractivity contribution in [1.82, 2.24) is 9.71 Å². The van der Waals surface area contributed by atoms with Gasteiger partial charge in [0.1, 0.15) is 0 Å². The number of nitrogens with one attached hydrogen (secondary N) is 1. The molecular formula is C13H19ClN2O2S. The molecule has 0 radical (unpaired) electrons. The Labute approximate surface area is 119 Å². The molecule has 6 heteroatoms. The summed E-state index contributed by atoms with van der Waals surface area (Å²) in [4.78, 5) is 3.91. The van der Waals surface area contributed by atoms with Gasteiger partial charge >= 0.3 is 0 Å². The van der Waals surface area contributed by atoms with E-state index in [0.29, 0.717) is 6.42 Å². The van der Waals surface area contributed by atoms with Crippen LogP contribution in [0.1, 0.15) is 31.2 Å². The molecule has 1 fully saturated rings. The molecule has 0 atom stereocenters. The average Bonchev–Trinajstić information content (AvgIpc) is 2.40. The number of aromatic nitrogens is 1. The van der Waals surface area contributed by atoms with Crippen LogP contribution in [0, 0.1) is 0 Å². The molecule has 0 saturated heterocycles. The summed E-state index contributed by atoms with van der Waals surface area (Å²) in [5, 5.41) is 0.206. The largest absolute Gasteiger partial charge is 0.265 e. The fraction of sp³-hybridized carbons (Fsp3) is 0.615. The second kappa shape index (κ2) is 6.68. The highest BCUT2D eigenvalue weighted by atomic mass is 35.5. The molecule has 0 bridgehead atoms. The molecule has 0 spiro atoms. The minimum atomic E-state index is -3.21. The monoisotopic (exact) mass is 302 g/mol. The number of hydrogen-bond donors (Lipinski definition) is 1. The quantitative estimate of drug-likeness (QED) is 0.847. The zero-order valence-electron chi connectivity index (χ0n) is 10.8. The summed E-state index contributed by atoms with van der Waals surface area (Å²) in [6.45, 7) is 0. The minimum Gasteiger partial charge on any atom is -0.265 e. The summed E-state index contributed by atoms with van der Waals surface area (Å²) in [6.07, 6.45) is 7.32. The van der Waals surface area contributed by atoms with Crippen LogP contribution < -0.4 is 4.72 Å². The topological polar surface area (TPSA) is 59.1 Å². The lowest BCUT2D eigenvalue weighted by Gasteiger charge is -2.25. The predicted octanol–water partition coefficient (Wildman–Crippen LogP) is 2.09. The van der Waals surface area contributed by atoms with Crippen molar-refractivity contribution in [2.45, 2.75) is 43.5 Å². The van der Waals surface area contributed by atoms with E-state index in [4.69, 9.17) is 11.6 Å². The van der Waals surface area contributed by atoms with E-state index in [2.05, 4.69) is 9.71 Å². The molecule has 0 amide bonds. The Morgan fingerprint density at radius 1 is 1.21 bits per heavy atom. The van der Waals surface area contributed by atoms with Gasteiger partial charge in [-0.25, -0.2) is 13.1 Å². The van der Waals surface area contributed by atoms with Gasteiger partial charge in [0.2, 0.25) is 10.0 Å². The Balaban J connectivity index is 1.82. The van der Waals surface area contributed by atoms with E-state index < -0.39 is 10.0 Å².